The molecule has 2 aromatic rings. The van der Waals surface area contributed by atoms with E-state index in [2.05, 4.69) is 32.6 Å². The van der Waals surface area contributed by atoms with Gasteiger partial charge in [-0.2, -0.15) is 0 Å². The van der Waals surface area contributed by atoms with Gasteiger partial charge < -0.3 is 9.15 Å². The molecule has 130 valence electrons. The zero-order chi connectivity index (χ0) is 17.9. The van der Waals surface area contributed by atoms with Crippen LogP contribution in [-0.2, 0) is 22.6 Å². The number of hydrogen-bond acceptors (Lipinski definition) is 3. The molecular formula is C22H24O3. The maximum atomic E-state index is 12.4. The van der Waals surface area contributed by atoms with Crippen LogP contribution in [0.4, 0.5) is 0 Å². The molecule has 0 spiro atoms. The van der Waals surface area contributed by atoms with E-state index in [4.69, 9.17) is 9.15 Å². The molecule has 25 heavy (non-hydrogen) atoms. The number of hydrogen-bond donors (Lipinski definition) is 0. The second-order valence-electron chi connectivity index (χ2n) is 7.14. The number of esters is 1. The first kappa shape index (κ1) is 17.3. The Morgan fingerprint density at radius 1 is 1.28 bits per heavy atom. The van der Waals surface area contributed by atoms with Crippen LogP contribution in [0.15, 0.2) is 71.9 Å². The van der Waals surface area contributed by atoms with Gasteiger partial charge in [-0.15, -0.1) is 0 Å². The van der Waals surface area contributed by atoms with Crippen LogP contribution < -0.4 is 0 Å². The first-order valence-electron chi connectivity index (χ1n) is 8.58. The Labute approximate surface area is 149 Å². The van der Waals surface area contributed by atoms with E-state index in [1.807, 2.05) is 36.4 Å². The van der Waals surface area contributed by atoms with E-state index in [9.17, 15) is 4.79 Å². The van der Waals surface area contributed by atoms with Gasteiger partial charge in [-0.05, 0) is 23.0 Å². The smallest absolute Gasteiger partial charge is 0.310 e. The molecule has 1 aromatic heterocycles. The van der Waals surface area contributed by atoms with Gasteiger partial charge in [-0.1, -0.05) is 69.0 Å². The van der Waals surface area contributed by atoms with E-state index in [0.717, 1.165) is 17.7 Å². The minimum Gasteiger partial charge on any atom is -0.469 e. The van der Waals surface area contributed by atoms with Crippen LogP contribution in [0.3, 0.4) is 0 Å². The Bertz CT molecular complexity index is 768. The van der Waals surface area contributed by atoms with Crippen molar-refractivity contribution in [2.45, 2.75) is 26.9 Å². The zero-order valence-electron chi connectivity index (χ0n) is 14.8. The van der Waals surface area contributed by atoms with Crippen molar-refractivity contribution in [3.05, 3.63) is 84.4 Å². The third kappa shape index (κ3) is 3.93. The zero-order valence-corrected chi connectivity index (χ0v) is 14.8. The van der Waals surface area contributed by atoms with Gasteiger partial charge >= 0.3 is 5.97 Å². The predicted molar refractivity (Wildman–Crippen MR) is 97.9 cm³/mol. The van der Waals surface area contributed by atoms with E-state index in [1.165, 1.54) is 5.56 Å². The Kier molecular flexibility index (Phi) is 4.93. The molecule has 0 aliphatic heterocycles. The largest absolute Gasteiger partial charge is 0.469 e. The van der Waals surface area contributed by atoms with Crippen LogP contribution in [0.1, 0.15) is 30.7 Å². The fraction of sp³-hybridized carbons (Fsp3) is 0.318. The fourth-order valence-electron chi connectivity index (χ4n) is 3.32. The van der Waals surface area contributed by atoms with Crippen molar-refractivity contribution in [1.29, 1.82) is 0 Å². The summed E-state index contributed by atoms with van der Waals surface area (Å²) in [6.45, 7) is 8.10. The molecule has 3 heteroatoms. The van der Waals surface area contributed by atoms with Gasteiger partial charge in [-0.3, -0.25) is 4.79 Å². The molecule has 2 unspecified atom stereocenters. The Balaban J connectivity index is 1.53. The van der Waals surface area contributed by atoms with E-state index < -0.39 is 0 Å². The molecule has 1 aliphatic carbocycles. The molecule has 1 saturated carbocycles. The minimum atomic E-state index is -0.144. The Hall–Kier alpha value is -2.55. The molecule has 3 rings (SSSR count). The molecule has 0 saturated heterocycles. The summed E-state index contributed by atoms with van der Waals surface area (Å²) >= 11 is 0. The maximum absolute atomic E-state index is 12.4. The summed E-state index contributed by atoms with van der Waals surface area (Å²) in [5, 5.41) is 0. The third-order valence-electron chi connectivity index (χ3n) is 4.93. The Morgan fingerprint density at radius 2 is 2.04 bits per heavy atom. The van der Waals surface area contributed by atoms with Crippen molar-refractivity contribution in [1.82, 2.24) is 0 Å². The van der Waals surface area contributed by atoms with Crippen LogP contribution >= 0.6 is 0 Å². The molecule has 1 fully saturated rings. The first-order chi connectivity index (χ1) is 12.0. The van der Waals surface area contributed by atoms with E-state index in [0.29, 0.717) is 0 Å². The monoisotopic (exact) mass is 336 g/mol. The first-order valence-corrected chi connectivity index (χ1v) is 8.58. The second-order valence-corrected chi connectivity index (χ2v) is 7.14. The number of rotatable bonds is 7. The van der Waals surface area contributed by atoms with Crippen LogP contribution in [-0.4, -0.2) is 5.97 Å². The molecule has 0 bridgehead atoms. The summed E-state index contributed by atoms with van der Waals surface area (Å²) < 4.78 is 11.1. The highest BCUT2D eigenvalue weighted by atomic mass is 16.5. The van der Waals surface area contributed by atoms with Crippen LogP contribution in [0.5, 0.6) is 0 Å². The van der Waals surface area contributed by atoms with Gasteiger partial charge in [0.15, 0.2) is 0 Å². The SMILES string of the molecule is C=CC=CC1C(C(=O)OCc2coc(Cc3ccccc3)c2)C1(C)C. The highest BCUT2D eigenvalue weighted by Crippen LogP contribution is 2.59. The molecule has 0 radical (unpaired) electrons. The molecule has 0 N–H and O–H groups in total. The van der Waals surface area contributed by atoms with Gasteiger partial charge in [0.1, 0.15) is 12.4 Å². The summed E-state index contributed by atoms with van der Waals surface area (Å²) in [6.07, 6.45) is 8.06. The van der Waals surface area contributed by atoms with Crippen LogP contribution in [0.25, 0.3) is 0 Å². The van der Waals surface area contributed by atoms with Crippen molar-refractivity contribution < 1.29 is 13.9 Å². The number of ether oxygens (including phenoxy) is 1. The van der Waals surface area contributed by atoms with Crippen LogP contribution in [0, 0.1) is 17.3 Å². The quantitative estimate of drug-likeness (QED) is 0.532. The molecule has 1 aromatic carbocycles. The van der Waals surface area contributed by atoms with Gasteiger partial charge in [-0.25, -0.2) is 0 Å². The number of carbonyl (C=O) groups excluding carboxylic acids is 1. The number of allylic oxidation sites excluding steroid dienone is 3. The highest BCUT2D eigenvalue weighted by molar-refractivity contribution is 5.78. The summed E-state index contributed by atoms with van der Waals surface area (Å²) in [5.41, 5.74) is 2.03. The van der Waals surface area contributed by atoms with E-state index in [-0.39, 0.29) is 29.8 Å². The summed E-state index contributed by atoms with van der Waals surface area (Å²) in [4.78, 5) is 12.4. The van der Waals surface area contributed by atoms with Crippen molar-refractivity contribution in [3.8, 4) is 0 Å². The molecule has 2 atom stereocenters. The maximum Gasteiger partial charge on any atom is 0.310 e. The summed E-state index contributed by atoms with van der Waals surface area (Å²) in [7, 11) is 0. The predicted octanol–water partition coefficient (Wildman–Crippen LogP) is 4.93. The third-order valence-corrected chi connectivity index (χ3v) is 4.93. The van der Waals surface area contributed by atoms with Crippen molar-refractivity contribution >= 4 is 5.97 Å². The standard InChI is InChI=1S/C22H24O3/c1-4-5-11-19-20(22(19,2)3)21(23)25-15-17-13-18(24-14-17)12-16-9-7-6-8-10-16/h4-11,13-14,19-20H,1,12,15H2,2-3H3. The average molecular weight is 336 g/mol. The lowest BCUT2D eigenvalue weighted by Gasteiger charge is -2.03. The van der Waals surface area contributed by atoms with Crippen molar-refractivity contribution in [3.63, 3.8) is 0 Å². The molecular weight excluding hydrogens is 312 g/mol. The van der Waals surface area contributed by atoms with Gasteiger partial charge in [0, 0.05) is 12.0 Å². The lowest BCUT2D eigenvalue weighted by Crippen LogP contribution is -2.10. The lowest BCUT2D eigenvalue weighted by atomic mass is 10.1. The normalized spacial score (nSPS) is 21.2. The topological polar surface area (TPSA) is 39.4 Å². The van der Waals surface area contributed by atoms with E-state index in [1.54, 1.807) is 12.3 Å². The van der Waals surface area contributed by atoms with Gasteiger partial charge in [0.05, 0.1) is 12.2 Å². The molecule has 1 aliphatic rings. The van der Waals surface area contributed by atoms with Crippen molar-refractivity contribution in [2.75, 3.05) is 0 Å². The lowest BCUT2D eigenvalue weighted by molar-refractivity contribution is -0.147. The summed E-state index contributed by atoms with van der Waals surface area (Å²) in [6, 6.07) is 12.1. The average Bonchev–Trinajstić information content (AvgIpc) is 2.92. The van der Waals surface area contributed by atoms with Crippen molar-refractivity contribution in [2.24, 2.45) is 17.3 Å². The second kappa shape index (κ2) is 7.14. The number of furan rings is 1. The number of carbonyl (C=O) groups is 1. The molecule has 3 nitrogen and oxygen atoms in total. The molecule has 0 amide bonds. The van der Waals surface area contributed by atoms with E-state index >= 15 is 0 Å². The Morgan fingerprint density at radius 3 is 2.76 bits per heavy atom. The van der Waals surface area contributed by atoms with Gasteiger partial charge in [0.2, 0.25) is 0 Å². The molecule has 1 heterocycles. The fourth-order valence-corrected chi connectivity index (χ4v) is 3.32. The summed E-state index contributed by atoms with van der Waals surface area (Å²) in [5.74, 6) is 0.862. The van der Waals surface area contributed by atoms with Gasteiger partial charge in [0.25, 0.3) is 0 Å². The highest BCUT2D eigenvalue weighted by Gasteiger charge is 2.61. The minimum absolute atomic E-state index is 0.0501. The van der Waals surface area contributed by atoms with Crippen LogP contribution in [0.2, 0.25) is 0 Å². The number of benzene rings is 1.